The lowest BCUT2D eigenvalue weighted by Gasteiger charge is -2.28. The number of hydrogen-bond acceptors (Lipinski definition) is 1. The molecule has 20 heavy (non-hydrogen) atoms. The average molecular weight is 289 g/mol. The van der Waals surface area contributed by atoms with E-state index in [4.69, 9.17) is 5.73 Å². The molecular weight excluding hydrogens is 270 g/mol. The largest absolute Gasteiger partial charge is 0.419 e. The molecule has 0 heterocycles. The summed E-state index contributed by atoms with van der Waals surface area (Å²) in [5, 5.41) is 0. The molecule has 0 aliphatic rings. The summed E-state index contributed by atoms with van der Waals surface area (Å²) >= 11 is 0. The van der Waals surface area contributed by atoms with Crippen molar-refractivity contribution >= 4 is 0 Å². The average Bonchev–Trinajstić information content (AvgIpc) is 2.33. The molecule has 112 valence electrons. The summed E-state index contributed by atoms with van der Waals surface area (Å²) < 4.78 is 52.5. The number of halogens is 4. The third kappa shape index (κ3) is 4.07. The van der Waals surface area contributed by atoms with Gasteiger partial charge in [0.25, 0.3) is 0 Å². The number of unbranched alkanes of at least 4 members (excludes halogenated alkanes) is 2. The molecular formula is C15H19F4N. The van der Waals surface area contributed by atoms with Crippen molar-refractivity contribution in [2.45, 2.75) is 44.3 Å². The predicted octanol–water partition coefficient (Wildman–Crippen LogP) is 4.76. The SMILES string of the molecule is C=CCCCCC(C)(N)c1cccc(F)c1C(F)(F)F. The van der Waals surface area contributed by atoms with Crippen LogP contribution in [0.4, 0.5) is 17.6 Å². The zero-order chi connectivity index (χ0) is 15.4. The maximum absolute atomic E-state index is 13.5. The van der Waals surface area contributed by atoms with Crippen LogP contribution in [0.2, 0.25) is 0 Å². The summed E-state index contributed by atoms with van der Waals surface area (Å²) in [4.78, 5) is 0. The highest BCUT2D eigenvalue weighted by Gasteiger charge is 2.40. The minimum absolute atomic E-state index is 0.191. The summed E-state index contributed by atoms with van der Waals surface area (Å²) in [5.74, 6) is -1.28. The van der Waals surface area contributed by atoms with Crippen LogP contribution in [0.25, 0.3) is 0 Å². The van der Waals surface area contributed by atoms with E-state index < -0.39 is 23.1 Å². The molecule has 0 spiro atoms. The topological polar surface area (TPSA) is 26.0 Å². The molecule has 0 aromatic heterocycles. The highest BCUT2D eigenvalue weighted by Crippen LogP contribution is 2.39. The number of hydrogen-bond donors (Lipinski definition) is 1. The second kappa shape index (κ2) is 6.39. The van der Waals surface area contributed by atoms with Gasteiger partial charge in [0.2, 0.25) is 0 Å². The number of allylic oxidation sites excluding steroid dienone is 1. The molecule has 0 bridgehead atoms. The van der Waals surface area contributed by atoms with Crippen molar-refractivity contribution in [2.75, 3.05) is 0 Å². The Morgan fingerprint density at radius 1 is 1.25 bits per heavy atom. The van der Waals surface area contributed by atoms with Gasteiger partial charge in [0.15, 0.2) is 0 Å². The van der Waals surface area contributed by atoms with E-state index in [0.717, 1.165) is 18.9 Å². The van der Waals surface area contributed by atoms with Crippen LogP contribution in [-0.2, 0) is 11.7 Å². The van der Waals surface area contributed by atoms with E-state index in [1.165, 1.54) is 19.1 Å². The van der Waals surface area contributed by atoms with E-state index in [2.05, 4.69) is 6.58 Å². The summed E-state index contributed by atoms with van der Waals surface area (Å²) in [6, 6.07) is 3.31. The lowest BCUT2D eigenvalue weighted by atomic mass is 9.84. The lowest BCUT2D eigenvalue weighted by Crippen LogP contribution is -2.35. The fraction of sp³-hybridized carbons (Fsp3) is 0.467. The Balaban J connectivity index is 3.05. The number of benzene rings is 1. The predicted molar refractivity (Wildman–Crippen MR) is 71.6 cm³/mol. The standard InChI is InChI=1S/C15H19F4N/c1-3-4-5-6-10-14(2,20)11-8-7-9-12(16)13(11)15(17,18)19/h3,7-9H,1,4-6,10,20H2,2H3. The van der Waals surface area contributed by atoms with Gasteiger partial charge in [-0.2, -0.15) is 13.2 Å². The number of rotatable bonds is 6. The second-order valence-electron chi connectivity index (χ2n) is 5.11. The summed E-state index contributed by atoms with van der Waals surface area (Å²) in [6.45, 7) is 5.09. The van der Waals surface area contributed by atoms with E-state index in [9.17, 15) is 17.6 Å². The van der Waals surface area contributed by atoms with Crippen LogP contribution in [0.1, 0.15) is 43.7 Å². The molecule has 1 nitrogen and oxygen atoms in total. The van der Waals surface area contributed by atoms with Crippen LogP contribution >= 0.6 is 0 Å². The minimum Gasteiger partial charge on any atom is -0.322 e. The summed E-state index contributed by atoms with van der Waals surface area (Å²) in [5.41, 5.74) is 3.33. The van der Waals surface area contributed by atoms with Gasteiger partial charge >= 0.3 is 6.18 Å². The van der Waals surface area contributed by atoms with E-state index >= 15 is 0 Å². The van der Waals surface area contributed by atoms with Crippen molar-refractivity contribution in [3.05, 3.63) is 47.8 Å². The van der Waals surface area contributed by atoms with Gasteiger partial charge in [-0.1, -0.05) is 24.6 Å². The van der Waals surface area contributed by atoms with Crippen LogP contribution in [0.5, 0.6) is 0 Å². The fourth-order valence-electron chi connectivity index (χ4n) is 2.20. The van der Waals surface area contributed by atoms with Crippen LogP contribution < -0.4 is 5.73 Å². The first-order valence-corrected chi connectivity index (χ1v) is 6.46. The maximum Gasteiger partial charge on any atom is 0.419 e. The smallest absolute Gasteiger partial charge is 0.322 e. The molecule has 0 fully saturated rings. The Morgan fingerprint density at radius 2 is 1.90 bits per heavy atom. The number of alkyl halides is 3. The molecule has 1 aromatic carbocycles. The van der Waals surface area contributed by atoms with Crippen molar-refractivity contribution in [3.63, 3.8) is 0 Å². The zero-order valence-electron chi connectivity index (χ0n) is 11.4. The van der Waals surface area contributed by atoms with Gasteiger partial charge in [-0.3, -0.25) is 0 Å². The van der Waals surface area contributed by atoms with E-state index in [0.29, 0.717) is 12.8 Å². The van der Waals surface area contributed by atoms with Crippen molar-refractivity contribution in [1.29, 1.82) is 0 Å². The van der Waals surface area contributed by atoms with Gasteiger partial charge in [0, 0.05) is 5.54 Å². The third-order valence-electron chi connectivity index (χ3n) is 3.27. The maximum atomic E-state index is 13.5. The van der Waals surface area contributed by atoms with E-state index in [-0.39, 0.29) is 5.56 Å². The quantitative estimate of drug-likeness (QED) is 0.456. The normalized spacial score (nSPS) is 14.9. The highest BCUT2D eigenvalue weighted by atomic mass is 19.4. The first-order valence-electron chi connectivity index (χ1n) is 6.46. The molecule has 0 amide bonds. The van der Waals surface area contributed by atoms with Crippen LogP contribution in [-0.4, -0.2) is 0 Å². The molecule has 0 saturated heterocycles. The summed E-state index contributed by atoms with van der Waals surface area (Å²) in [6.07, 6.45) is -0.405. The third-order valence-corrected chi connectivity index (χ3v) is 3.27. The molecule has 1 rings (SSSR count). The summed E-state index contributed by atoms with van der Waals surface area (Å²) in [7, 11) is 0. The Hall–Kier alpha value is -1.36. The fourth-order valence-corrected chi connectivity index (χ4v) is 2.20. The van der Waals surface area contributed by atoms with Gasteiger partial charge in [0.1, 0.15) is 5.82 Å². The molecule has 1 aromatic rings. The Labute approximate surface area is 116 Å². The minimum atomic E-state index is -4.75. The van der Waals surface area contributed by atoms with Crippen LogP contribution in [0.15, 0.2) is 30.9 Å². The lowest BCUT2D eigenvalue weighted by molar-refractivity contribution is -0.141. The van der Waals surface area contributed by atoms with Gasteiger partial charge in [-0.25, -0.2) is 4.39 Å². The molecule has 1 unspecified atom stereocenters. The second-order valence-corrected chi connectivity index (χ2v) is 5.11. The molecule has 2 N–H and O–H groups in total. The Bertz CT molecular complexity index is 463. The number of nitrogens with two attached hydrogens (primary N) is 1. The van der Waals surface area contributed by atoms with Gasteiger partial charge in [0.05, 0.1) is 5.56 Å². The van der Waals surface area contributed by atoms with Crippen molar-refractivity contribution < 1.29 is 17.6 Å². The monoisotopic (exact) mass is 289 g/mol. The first-order chi connectivity index (χ1) is 9.20. The molecule has 0 aliphatic carbocycles. The van der Waals surface area contributed by atoms with Crippen LogP contribution in [0, 0.1) is 5.82 Å². The zero-order valence-corrected chi connectivity index (χ0v) is 11.4. The molecule has 0 saturated carbocycles. The van der Waals surface area contributed by atoms with Crippen molar-refractivity contribution in [3.8, 4) is 0 Å². The van der Waals surface area contributed by atoms with Crippen molar-refractivity contribution in [2.24, 2.45) is 5.73 Å². The first kappa shape index (κ1) is 16.7. The Morgan fingerprint density at radius 3 is 2.45 bits per heavy atom. The molecule has 0 radical (unpaired) electrons. The van der Waals surface area contributed by atoms with Gasteiger partial charge < -0.3 is 5.73 Å². The van der Waals surface area contributed by atoms with Crippen molar-refractivity contribution in [1.82, 2.24) is 0 Å². The molecule has 0 aliphatic heterocycles. The van der Waals surface area contributed by atoms with Gasteiger partial charge in [-0.15, -0.1) is 6.58 Å². The van der Waals surface area contributed by atoms with E-state index in [1.54, 1.807) is 6.08 Å². The van der Waals surface area contributed by atoms with E-state index in [1.807, 2.05) is 0 Å². The molecule has 5 heteroatoms. The molecule has 1 atom stereocenters. The van der Waals surface area contributed by atoms with Gasteiger partial charge in [-0.05, 0) is 37.8 Å². The Kier molecular flexibility index (Phi) is 5.34. The van der Waals surface area contributed by atoms with Crippen LogP contribution in [0.3, 0.4) is 0 Å². The highest BCUT2D eigenvalue weighted by molar-refractivity contribution is 5.36.